The van der Waals surface area contributed by atoms with Gasteiger partial charge in [-0.3, -0.25) is 4.90 Å². The fourth-order valence-electron chi connectivity index (χ4n) is 3.11. The third-order valence-electron chi connectivity index (χ3n) is 4.52. The third-order valence-corrected chi connectivity index (χ3v) is 7.28. The maximum absolute atomic E-state index is 12.9. The summed E-state index contributed by atoms with van der Waals surface area (Å²) in [5.41, 5.74) is -0.0628. The molecule has 0 radical (unpaired) electrons. The van der Waals surface area contributed by atoms with Crippen LogP contribution in [0.4, 0.5) is 0 Å². The minimum absolute atomic E-state index is 0.227. The molecule has 3 heterocycles. The number of fused-ring (bicyclic) bond motifs is 1. The Morgan fingerprint density at radius 3 is 2.58 bits per heavy atom. The fourth-order valence-corrected chi connectivity index (χ4v) is 5.31. The molecular formula is C18H18N2O4S2. The van der Waals surface area contributed by atoms with E-state index >= 15 is 0 Å². The van der Waals surface area contributed by atoms with E-state index in [0.29, 0.717) is 37.1 Å². The number of piperazine rings is 1. The minimum Gasteiger partial charge on any atom is -0.423 e. The monoisotopic (exact) mass is 390 g/mol. The maximum Gasteiger partial charge on any atom is 0.336 e. The normalized spacial score (nSPS) is 16.9. The molecule has 0 saturated carbocycles. The van der Waals surface area contributed by atoms with Gasteiger partial charge in [0.2, 0.25) is 10.0 Å². The predicted molar refractivity (Wildman–Crippen MR) is 101 cm³/mol. The lowest BCUT2D eigenvalue weighted by atomic mass is 10.2. The van der Waals surface area contributed by atoms with E-state index in [0.717, 1.165) is 6.54 Å². The molecule has 1 aliphatic heterocycles. The fraction of sp³-hybridized carbons (Fsp3) is 0.278. The van der Waals surface area contributed by atoms with Crippen molar-refractivity contribution in [2.45, 2.75) is 11.4 Å². The van der Waals surface area contributed by atoms with Crippen molar-refractivity contribution in [1.82, 2.24) is 9.21 Å². The first kappa shape index (κ1) is 17.4. The van der Waals surface area contributed by atoms with Gasteiger partial charge in [0.1, 0.15) is 5.58 Å². The molecule has 0 spiro atoms. The van der Waals surface area contributed by atoms with E-state index in [1.165, 1.54) is 27.4 Å². The molecule has 6 nitrogen and oxygen atoms in total. The summed E-state index contributed by atoms with van der Waals surface area (Å²) in [6, 6.07) is 11.6. The van der Waals surface area contributed by atoms with E-state index in [2.05, 4.69) is 16.3 Å². The molecule has 0 bridgehead atoms. The van der Waals surface area contributed by atoms with Gasteiger partial charge in [-0.25, -0.2) is 13.2 Å². The van der Waals surface area contributed by atoms with Gasteiger partial charge in [0, 0.05) is 49.1 Å². The molecule has 0 unspecified atom stereocenters. The molecule has 8 heteroatoms. The van der Waals surface area contributed by atoms with E-state index in [1.807, 2.05) is 6.07 Å². The highest BCUT2D eigenvalue weighted by atomic mass is 32.2. The molecule has 2 aromatic heterocycles. The van der Waals surface area contributed by atoms with E-state index in [1.54, 1.807) is 23.5 Å². The van der Waals surface area contributed by atoms with Crippen LogP contribution in [0.2, 0.25) is 0 Å². The predicted octanol–water partition coefficient (Wildman–Crippen LogP) is 2.36. The van der Waals surface area contributed by atoms with Gasteiger partial charge in [-0.1, -0.05) is 6.07 Å². The van der Waals surface area contributed by atoms with Crippen LogP contribution in [-0.4, -0.2) is 43.8 Å². The first-order valence-electron chi connectivity index (χ1n) is 8.31. The summed E-state index contributed by atoms with van der Waals surface area (Å²) in [5.74, 6) is 0. The number of hydrogen-bond donors (Lipinski definition) is 0. The summed E-state index contributed by atoms with van der Waals surface area (Å²) in [4.78, 5) is 15.0. The van der Waals surface area contributed by atoms with Crippen molar-refractivity contribution < 1.29 is 12.8 Å². The van der Waals surface area contributed by atoms with Crippen LogP contribution >= 0.6 is 11.3 Å². The van der Waals surface area contributed by atoms with Crippen LogP contribution in [0.1, 0.15) is 4.88 Å². The SMILES string of the molecule is O=c1ccc2cc(S(=O)(=O)N3CCN(Cc4cccs4)CC3)ccc2o1. The van der Waals surface area contributed by atoms with Crippen molar-refractivity contribution in [1.29, 1.82) is 0 Å². The van der Waals surface area contributed by atoms with Gasteiger partial charge < -0.3 is 4.42 Å². The van der Waals surface area contributed by atoms with E-state index in [-0.39, 0.29) is 4.90 Å². The molecule has 136 valence electrons. The van der Waals surface area contributed by atoms with Crippen molar-refractivity contribution in [2.75, 3.05) is 26.2 Å². The quantitative estimate of drug-likeness (QED) is 0.640. The zero-order valence-corrected chi connectivity index (χ0v) is 15.6. The first-order chi connectivity index (χ1) is 12.5. The lowest BCUT2D eigenvalue weighted by Gasteiger charge is -2.33. The number of benzene rings is 1. The molecule has 0 atom stereocenters. The van der Waals surface area contributed by atoms with E-state index < -0.39 is 15.6 Å². The lowest BCUT2D eigenvalue weighted by Crippen LogP contribution is -2.48. The number of nitrogens with zero attached hydrogens (tertiary/aromatic N) is 2. The van der Waals surface area contributed by atoms with Crippen molar-refractivity contribution in [3.63, 3.8) is 0 Å². The minimum atomic E-state index is -3.56. The zero-order chi connectivity index (χ0) is 18.1. The zero-order valence-electron chi connectivity index (χ0n) is 14.0. The largest absolute Gasteiger partial charge is 0.423 e. The maximum atomic E-state index is 12.9. The highest BCUT2D eigenvalue weighted by Crippen LogP contribution is 2.23. The number of rotatable bonds is 4. The Morgan fingerprint density at radius 1 is 1.04 bits per heavy atom. The van der Waals surface area contributed by atoms with Gasteiger partial charge in [-0.2, -0.15) is 4.31 Å². The molecule has 26 heavy (non-hydrogen) atoms. The van der Waals surface area contributed by atoms with Gasteiger partial charge in [-0.05, 0) is 35.7 Å². The van der Waals surface area contributed by atoms with Crippen molar-refractivity contribution >= 4 is 32.3 Å². The topological polar surface area (TPSA) is 70.8 Å². The van der Waals surface area contributed by atoms with E-state index in [9.17, 15) is 13.2 Å². The van der Waals surface area contributed by atoms with Crippen LogP contribution < -0.4 is 5.63 Å². The molecule has 1 aromatic carbocycles. The van der Waals surface area contributed by atoms with Gasteiger partial charge in [0.25, 0.3) is 0 Å². The molecule has 0 N–H and O–H groups in total. The van der Waals surface area contributed by atoms with Gasteiger partial charge in [0.15, 0.2) is 0 Å². The van der Waals surface area contributed by atoms with Crippen molar-refractivity contribution in [3.05, 3.63) is 63.1 Å². The molecule has 0 aliphatic carbocycles. The molecule has 3 aromatic rings. The summed E-state index contributed by atoms with van der Waals surface area (Å²) < 4.78 is 32.5. The van der Waals surface area contributed by atoms with Gasteiger partial charge >= 0.3 is 5.63 Å². The summed E-state index contributed by atoms with van der Waals surface area (Å²) in [6.45, 7) is 3.21. The van der Waals surface area contributed by atoms with Crippen molar-refractivity contribution in [2.24, 2.45) is 0 Å². The van der Waals surface area contributed by atoms with Crippen molar-refractivity contribution in [3.8, 4) is 0 Å². The van der Waals surface area contributed by atoms with Crippen LogP contribution in [0.25, 0.3) is 11.0 Å². The highest BCUT2D eigenvalue weighted by Gasteiger charge is 2.28. The molecule has 0 amide bonds. The Kier molecular flexibility index (Phi) is 4.66. The van der Waals surface area contributed by atoms with Crippen LogP contribution in [-0.2, 0) is 16.6 Å². The smallest absolute Gasteiger partial charge is 0.336 e. The first-order valence-corrected chi connectivity index (χ1v) is 10.6. The average molecular weight is 390 g/mol. The summed E-state index contributed by atoms with van der Waals surface area (Å²) in [5, 5.41) is 2.65. The second-order valence-corrected chi connectivity index (χ2v) is 9.18. The Labute approximate surface area is 155 Å². The second kappa shape index (κ2) is 6.96. The summed E-state index contributed by atoms with van der Waals surface area (Å²) in [6.07, 6.45) is 0. The summed E-state index contributed by atoms with van der Waals surface area (Å²) in [7, 11) is -3.56. The molecular weight excluding hydrogens is 372 g/mol. The molecule has 1 aliphatic rings. The Bertz CT molecular complexity index is 1070. The molecule has 1 fully saturated rings. The van der Waals surface area contributed by atoms with Crippen LogP contribution in [0.3, 0.4) is 0 Å². The summed E-state index contributed by atoms with van der Waals surface area (Å²) >= 11 is 1.72. The Morgan fingerprint density at radius 2 is 1.85 bits per heavy atom. The van der Waals surface area contributed by atoms with Gasteiger partial charge in [0.05, 0.1) is 4.90 Å². The Balaban J connectivity index is 1.50. The molecule has 4 rings (SSSR count). The van der Waals surface area contributed by atoms with Crippen LogP contribution in [0, 0.1) is 0 Å². The standard InChI is InChI=1S/C18H18N2O4S2/c21-18-6-3-14-12-16(4-5-17(14)24-18)26(22,23)20-9-7-19(8-10-20)13-15-2-1-11-25-15/h1-6,11-12H,7-10,13H2. The van der Waals surface area contributed by atoms with Gasteiger partial charge in [-0.15, -0.1) is 11.3 Å². The van der Waals surface area contributed by atoms with Crippen LogP contribution in [0.15, 0.2) is 62.0 Å². The third kappa shape index (κ3) is 3.45. The Hall–Kier alpha value is -2.00. The average Bonchev–Trinajstić information content (AvgIpc) is 3.14. The number of sulfonamides is 1. The number of thiophene rings is 1. The van der Waals surface area contributed by atoms with E-state index in [4.69, 9.17) is 4.42 Å². The van der Waals surface area contributed by atoms with Crippen LogP contribution in [0.5, 0.6) is 0 Å². The molecule has 1 saturated heterocycles. The number of hydrogen-bond acceptors (Lipinski definition) is 6. The highest BCUT2D eigenvalue weighted by molar-refractivity contribution is 7.89. The lowest BCUT2D eigenvalue weighted by molar-refractivity contribution is 0.183. The second-order valence-electron chi connectivity index (χ2n) is 6.21.